The largest absolute Gasteiger partial charge is 0.508 e. The number of carbonyl (C=O) groups excluding carboxylic acids is 1. The Labute approximate surface area is 108 Å². The molecule has 0 saturated heterocycles. The predicted molar refractivity (Wildman–Crippen MR) is 71.8 cm³/mol. The Bertz CT molecular complexity index is 392. The lowest BCUT2D eigenvalue weighted by Gasteiger charge is -2.22. The number of ether oxygens (including phenoxy) is 1. The predicted octanol–water partition coefficient (Wildman–Crippen LogP) is 2.56. The summed E-state index contributed by atoms with van der Waals surface area (Å²) >= 11 is 0. The van der Waals surface area contributed by atoms with E-state index in [-0.39, 0.29) is 11.7 Å². The second-order valence-electron chi connectivity index (χ2n) is 5.27. The first-order chi connectivity index (χ1) is 8.28. The molecule has 0 fully saturated rings. The lowest BCUT2D eigenvalue weighted by molar-refractivity contribution is -0.154. The fourth-order valence-electron chi connectivity index (χ4n) is 1.49. The summed E-state index contributed by atoms with van der Waals surface area (Å²) in [7, 11) is 1.90. The zero-order chi connectivity index (χ0) is 13.8. The van der Waals surface area contributed by atoms with Crippen molar-refractivity contribution in [2.75, 3.05) is 18.5 Å². The van der Waals surface area contributed by atoms with Crippen LogP contribution >= 0.6 is 0 Å². The molecule has 1 N–H and O–H groups in total. The smallest absolute Gasteiger partial charge is 0.308 e. The van der Waals surface area contributed by atoms with Gasteiger partial charge in [0.15, 0.2) is 0 Å². The number of anilines is 1. The molecular formula is C14H21NO3. The van der Waals surface area contributed by atoms with Crippen molar-refractivity contribution < 1.29 is 14.6 Å². The van der Waals surface area contributed by atoms with Crippen molar-refractivity contribution in [1.82, 2.24) is 0 Å². The van der Waals surface area contributed by atoms with Crippen LogP contribution in [0.4, 0.5) is 5.69 Å². The van der Waals surface area contributed by atoms with Gasteiger partial charge in [-0.1, -0.05) is 0 Å². The van der Waals surface area contributed by atoms with Crippen LogP contribution < -0.4 is 4.90 Å². The highest BCUT2D eigenvalue weighted by Gasteiger charge is 2.16. The first-order valence-corrected chi connectivity index (χ1v) is 6.00. The van der Waals surface area contributed by atoms with Crippen LogP contribution in [0.1, 0.15) is 27.2 Å². The lowest BCUT2D eigenvalue weighted by atomic mass is 10.2. The molecule has 0 radical (unpaired) electrons. The topological polar surface area (TPSA) is 49.8 Å². The number of hydrogen-bond donors (Lipinski definition) is 1. The molecule has 1 rings (SSSR count). The summed E-state index contributed by atoms with van der Waals surface area (Å²) < 4.78 is 5.24. The molecule has 0 saturated carbocycles. The van der Waals surface area contributed by atoms with E-state index in [0.29, 0.717) is 13.0 Å². The molecule has 0 heterocycles. The lowest BCUT2D eigenvalue weighted by Crippen LogP contribution is -2.27. The number of benzene rings is 1. The second-order valence-corrected chi connectivity index (χ2v) is 5.27. The minimum absolute atomic E-state index is 0.201. The summed E-state index contributed by atoms with van der Waals surface area (Å²) in [4.78, 5) is 13.5. The third-order valence-corrected chi connectivity index (χ3v) is 2.36. The number of aromatic hydroxyl groups is 1. The van der Waals surface area contributed by atoms with Crippen molar-refractivity contribution in [2.24, 2.45) is 0 Å². The van der Waals surface area contributed by atoms with Crippen LogP contribution in [0, 0.1) is 0 Å². The molecule has 0 spiro atoms. The number of rotatable bonds is 4. The van der Waals surface area contributed by atoms with Gasteiger partial charge in [-0.2, -0.15) is 0 Å². The molecular weight excluding hydrogens is 230 g/mol. The molecule has 0 aliphatic carbocycles. The Hall–Kier alpha value is -1.71. The van der Waals surface area contributed by atoms with E-state index in [1.807, 2.05) is 44.9 Å². The Balaban J connectivity index is 2.44. The fraction of sp³-hybridized carbons (Fsp3) is 0.500. The average Bonchev–Trinajstić information content (AvgIpc) is 2.24. The molecule has 0 aliphatic rings. The molecule has 100 valence electrons. The number of phenolic OH excluding ortho intramolecular Hbond substituents is 1. The number of phenols is 1. The third kappa shape index (κ3) is 5.08. The fourth-order valence-corrected chi connectivity index (χ4v) is 1.49. The van der Waals surface area contributed by atoms with E-state index in [2.05, 4.69) is 0 Å². The van der Waals surface area contributed by atoms with Crippen molar-refractivity contribution >= 4 is 11.7 Å². The van der Waals surface area contributed by atoms with Crippen LogP contribution in [0.3, 0.4) is 0 Å². The quantitative estimate of drug-likeness (QED) is 0.836. The van der Waals surface area contributed by atoms with Gasteiger partial charge in [0.1, 0.15) is 11.4 Å². The number of nitrogens with zero attached hydrogens (tertiary/aromatic N) is 1. The van der Waals surface area contributed by atoms with Gasteiger partial charge in [0, 0.05) is 19.3 Å². The van der Waals surface area contributed by atoms with E-state index >= 15 is 0 Å². The van der Waals surface area contributed by atoms with Gasteiger partial charge in [0.25, 0.3) is 0 Å². The van der Waals surface area contributed by atoms with E-state index in [0.717, 1.165) is 5.69 Å². The maximum Gasteiger partial charge on any atom is 0.308 e. The van der Waals surface area contributed by atoms with Crippen molar-refractivity contribution in [1.29, 1.82) is 0 Å². The zero-order valence-electron chi connectivity index (χ0n) is 11.4. The average molecular weight is 251 g/mol. The molecule has 0 unspecified atom stereocenters. The maximum atomic E-state index is 11.6. The first kappa shape index (κ1) is 14.4. The molecule has 0 amide bonds. The highest BCUT2D eigenvalue weighted by Crippen LogP contribution is 2.17. The third-order valence-electron chi connectivity index (χ3n) is 2.36. The summed E-state index contributed by atoms with van der Waals surface area (Å²) in [5.41, 5.74) is 0.519. The molecule has 4 heteroatoms. The summed E-state index contributed by atoms with van der Waals surface area (Å²) in [5, 5.41) is 9.19. The molecule has 0 bridgehead atoms. The van der Waals surface area contributed by atoms with E-state index in [9.17, 15) is 9.90 Å². The number of esters is 1. The van der Waals surface area contributed by atoms with Crippen LogP contribution in [0.25, 0.3) is 0 Å². The van der Waals surface area contributed by atoms with E-state index in [1.54, 1.807) is 12.1 Å². The van der Waals surface area contributed by atoms with Crippen molar-refractivity contribution in [2.45, 2.75) is 32.8 Å². The summed E-state index contributed by atoms with van der Waals surface area (Å²) in [6.07, 6.45) is 0.342. The molecule has 1 aromatic rings. The van der Waals surface area contributed by atoms with Gasteiger partial charge in [0.05, 0.1) is 6.42 Å². The van der Waals surface area contributed by atoms with Gasteiger partial charge >= 0.3 is 5.97 Å². The highest BCUT2D eigenvalue weighted by atomic mass is 16.6. The highest BCUT2D eigenvalue weighted by molar-refractivity contribution is 5.70. The minimum Gasteiger partial charge on any atom is -0.508 e. The van der Waals surface area contributed by atoms with Gasteiger partial charge < -0.3 is 14.7 Å². The summed E-state index contributed by atoms with van der Waals surface area (Å²) in [6, 6.07) is 6.87. The van der Waals surface area contributed by atoms with Crippen LogP contribution in [-0.2, 0) is 9.53 Å². The molecule has 0 atom stereocenters. The van der Waals surface area contributed by atoms with Crippen molar-refractivity contribution in [3.8, 4) is 5.75 Å². The van der Waals surface area contributed by atoms with Gasteiger partial charge in [-0.15, -0.1) is 0 Å². The molecule has 0 aliphatic heterocycles. The van der Waals surface area contributed by atoms with Crippen LogP contribution in [0.2, 0.25) is 0 Å². The molecule has 4 nitrogen and oxygen atoms in total. The summed E-state index contributed by atoms with van der Waals surface area (Å²) in [5.74, 6) is 0.0346. The Kier molecular flexibility index (Phi) is 4.59. The normalized spacial score (nSPS) is 11.1. The maximum absolute atomic E-state index is 11.6. The standard InChI is InChI=1S/C14H21NO3/c1-14(2,3)18-13(17)9-10-15(4)11-5-7-12(16)8-6-11/h5-8,16H,9-10H2,1-4H3. The van der Waals surface area contributed by atoms with Crippen molar-refractivity contribution in [3.05, 3.63) is 24.3 Å². The first-order valence-electron chi connectivity index (χ1n) is 6.00. The SMILES string of the molecule is CN(CCC(=O)OC(C)(C)C)c1ccc(O)cc1. The van der Waals surface area contributed by atoms with E-state index in [1.165, 1.54) is 0 Å². The zero-order valence-corrected chi connectivity index (χ0v) is 11.4. The van der Waals surface area contributed by atoms with E-state index in [4.69, 9.17) is 4.74 Å². The van der Waals surface area contributed by atoms with Crippen LogP contribution in [0.15, 0.2) is 24.3 Å². The van der Waals surface area contributed by atoms with Crippen LogP contribution in [0.5, 0.6) is 5.75 Å². The van der Waals surface area contributed by atoms with Gasteiger partial charge in [-0.3, -0.25) is 4.79 Å². The molecule has 0 aromatic heterocycles. The second kappa shape index (κ2) is 5.76. The Morgan fingerprint density at radius 3 is 2.33 bits per heavy atom. The Morgan fingerprint density at radius 2 is 1.83 bits per heavy atom. The number of hydrogen-bond acceptors (Lipinski definition) is 4. The van der Waals surface area contributed by atoms with Gasteiger partial charge in [0.2, 0.25) is 0 Å². The Morgan fingerprint density at radius 1 is 1.28 bits per heavy atom. The minimum atomic E-state index is -0.436. The van der Waals surface area contributed by atoms with Gasteiger partial charge in [-0.05, 0) is 45.0 Å². The molecule has 1 aromatic carbocycles. The molecule has 18 heavy (non-hydrogen) atoms. The van der Waals surface area contributed by atoms with Crippen LogP contribution in [-0.4, -0.2) is 30.3 Å². The van der Waals surface area contributed by atoms with Crippen molar-refractivity contribution in [3.63, 3.8) is 0 Å². The monoisotopic (exact) mass is 251 g/mol. The number of carbonyl (C=O) groups is 1. The summed E-state index contributed by atoms with van der Waals surface area (Å²) in [6.45, 7) is 6.15. The van der Waals surface area contributed by atoms with E-state index < -0.39 is 5.60 Å². The van der Waals surface area contributed by atoms with Gasteiger partial charge in [-0.25, -0.2) is 0 Å².